The molecule has 8 nitrogen and oxygen atoms in total. The second-order valence-electron chi connectivity index (χ2n) is 18.8. The first-order chi connectivity index (χ1) is 28.6. The van der Waals surface area contributed by atoms with Gasteiger partial charge in [-0.2, -0.15) is 0 Å². The van der Waals surface area contributed by atoms with Crippen LogP contribution < -0.4 is 0 Å². The molecule has 2 atom stereocenters. The summed E-state index contributed by atoms with van der Waals surface area (Å²) in [4.78, 5) is 37.1. The molecule has 1 N–H and O–H groups in total. The third-order valence-electron chi connectivity index (χ3n) is 12.0. The first-order valence-electron chi connectivity index (χ1n) is 25.6. The van der Waals surface area contributed by atoms with Gasteiger partial charge < -0.3 is 23.8 Å². The SMILES string of the molecule is CCCCCCCCCCCCCCCCCCCCCCCCC(=O)OC(COCCC(C(=O)O)[N+](C)(C)C)COC(=O)CCCCCCCCCCCCCCC. The molecule has 59 heavy (non-hydrogen) atoms. The van der Waals surface area contributed by atoms with Crippen LogP contribution in [-0.2, 0) is 28.6 Å². The lowest BCUT2D eigenvalue weighted by Gasteiger charge is -2.31. The Kier molecular flexibility index (Phi) is 41.8. The standard InChI is InChI=1S/C51H99NO7/c1-6-8-10-12-14-16-18-20-21-22-23-24-25-26-27-28-30-32-34-36-38-40-42-50(54)59-47(45-57-44-43-48(51(55)56)52(3,4)5)46-58-49(53)41-39-37-35-33-31-29-19-17-15-13-11-9-7-2/h47-48H,6-46H2,1-5H3/p+1. The van der Waals surface area contributed by atoms with Gasteiger partial charge in [-0.05, 0) is 12.8 Å². The van der Waals surface area contributed by atoms with E-state index in [-0.39, 0.29) is 36.2 Å². The lowest BCUT2D eigenvalue weighted by Crippen LogP contribution is -2.50. The van der Waals surface area contributed by atoms with Crippen molar-refractivity contribution in [1.29, 1.82) is 0 Å². The highest BCUT2D eigenvalue weighted by Crippen LogP contribution is 2.17. The van der Waals surface area contributed by atoms with E-state index in [1.165, 1.54) is 186 Å². The van der Waals surface area contributed by atoms with E-state index in [1.807, 2.05) is 21.1 Å². The predicted molar refractivity (Wildman–Crippen MR) is 248 cm³/mol. The van der Waals surface area contributed by atoms with Crippen LogP contribution in [0.15, 0.2) is 0 Å². The van der Waals surface area contributed by atoms with E-state index >= 15 is 0 Å². The molecular weight excluding hydrogens is 739 g/mol. The summed E-state index contributed by atoms with van der Waals surface area (Å²) in [5.74, 6) is -1.44. The van der Waals surface area contributed by atoms with Crippen molar-refractivity contribution in [2.75, 3.05) is 41.0 Å². The first kappa shape index (κ1) is 57.3. The summed E-state index contributed by atoms with van der Waals surface area (Å²) < 4.78 is 17.4. The second kappa shape index (κ2) is 43.0. The van der Waals surface area contributed by atoms with Crippen LogP contribution >= 0.6 is 0 Å². The number of carboxylic acids is 1. The third kappa shape index (κ3) is 41.5. The topological polar surface area (TPSA) is 99.1 Å². The zero-order chi connectivity index (χ0) is 43.5. The molecule has 0 aromatic heterocycles. The molecule has 8 heteroatoms. The average Bonchev–Trinajstić information content (AvgIpc) is 3.19. The van der Waals surface area contributed by atoms with Crippen molar-refractivity contribution in [2.24, 2.45) is 0 Å². The van der Waals surface area contributed by atoms with Gasteiger partial charge in [-0.3, -0.25) is 9.59 Å². The Bertz CT molecular complexity index is 936. The van der Waals surface area contributed by atoms with Crippen LogP contribution in [0, 0.1) is 0 Å². The van der Waals surface area contributed by atoms with Gasteiger partial charge in [-0.15, -0.1) is 0 Å². The summed E-state index contributed by atoms with van der Waals surface area (Å²) in [6.07, 6.45) is 45.8. The lowest BCUT2D eigenvalue weighted by atomic mass is 10.0. The van der Waals surface area contributed by atoms with Crippen LogP contribution in [0.25, 0.3) is 0 Å². The van der Waals surface area contributed by atoms with E-state index in [0.717, 1.165) is 38.5 Å². The molecule has 0 fully saturated rings. The summed E-state index contributed by atoms with van der Waals surface area (Å²) in [5.41, 5.74) is 0. The highest BCUT2D eigenvalue weighted by Gasteiger charge is 2.31. The number of quaternary nitrogens is 1. The molecule has 0 rings (SSSR count). The zero-order valence-electron chi connectivity index (χ0n) is 40.0. The molecule has 0 bridgehead atoms. The number of nitrogens with zero attached hydrogens (tertiary/aromatic N) is 1. The highest BCUT2D eigenvalue weighted by molar-refractivity contribution is 5.72. The van der Waals surface area contributed by atoms with Crippen molar-refractivity contribution in [3.8, 4) is 0 Å². The van der Waals surface area contributed by atoms with Crippen molar-refractivity contribution >= 4 is 17.9 Å². The maximum atomic E-state index is 12.8. The number of aliphatic carboxylic acids is 1. The van der Waals surface area contributed by atoms with Crippen LogP contribution in [-0.4, -0.2) is 80.6 Å². The number of carbonyl (C=O) groups excluding carboxylic acids is 2. The van der Waals surface area contributed by atoms with Crippen LogP contribution in [0.3, 0.4) is 0 Å². The minimum absolute atomic E-state index is 0.0416. The van der Waals surface area contributed by atoms with Gasteiger partial charge in [0.05, 0.1) is 34.4 Å². The Balaban J connectivity index is 4.15. The Morgan fingerprint density at radius 1 is 0.441 bits per heavy atom. The maximum absolute atomic E-state index is 12.8. The van der Waals surface area contributed by atoms with E-state index in [2.05, 4.69) is 13.8 Å². The molecule has 0 aliphatic rings. The van der Waals surface area contributed by atoms with Gasteiger partial charge >= 0.3 is 17.9 Å². The van der Waals surface area contributed by atoms with Gasteiger partial charge in [0.15, 0.2) is 12.1 Å². The number of rotatable bonds is 47. The quantitative estimate of drug-likeness (QED) is 0.0370. The van der Waals surface area contributed by atoms with Crippen molar-refractivity contribution in [1.82, 2.24) is 0 Å². The second-order valence-corrected chi connectivity index (χ2v) is 18.8. The van der Waals surface area contributed by atoms with E-state index in [1.54, 1.807) is 0 Å². The van der Waals surface area contributed by atoms with Crippen molar-refractivity contribution in [3.63, 3.8) is 0 Å². The normalized spacial score (nSPS) is 12.8. The Morgan fingerprint density at radius 3 is 1.05 bits per heavy atom. The molecule has 0 aromatic carbocycles. The smallest absolute Gasteiger partial charge is 0.362 e. The van der Waals surface area contributed by atoms with Crippen LogP contribution in [0.1, 0.15) is 258 Å². The van der Waals surface area contributed by atoms with Crippen LogP contribution in [0.2, 0.25) is 0 Å². The molecule has 0 aliphatic heterocycles. The minimum Gasteiger partial charge on any atom is -0.477 e. The van der Waals surface area contributed by atoms with Gasteiger partial charge in [0.2, 0.25) is 0 Å². The summed E-state index contributed by atoms with van der Waals surface area (Å²) in [6, 6.07) is -0.608. The molecule has 0 saturated carbocycles. The van der Waals surface area contributed by atoms with E-state index in [0.29, 0.717) is 19.3 Å². The molecule has 0 saturated heterocycles. The lowest BCUT2D eigenvalue weighted by molar-refractivity contribution is -0.887. The number of unbranched alkanes of at least 4 members (excludes halogenated alkanes) is 33. The number of hydrogen-bond acceptors (Lipinski definition) is 6. The van der Waals surface area contributed by atoms with Crippen LogP contribution in [0.5, 0.6) is 0 Å². The number of carboxylic acid groups (broad SMARTS) is 1. The molecule has 0 aromatic rings. The molecule has 350 valence electrons. The molecule has 0 radical (unpaired) electrons. The fraction of sp³-hybridized carbons (Fsp3) is 0.941. The van der Waals surface area contributed by atoms with Crippen LogP contribution in [0.4, 0.5) is 0 Å². The van der Waals surface area contributed by atoms with Gasteiger partial charge in [0.1, 0.15) is 6.61 Å². The number of likely N-dealkylation sites (N-methyl/N-ethyl adjacent to an activating group) is 1. The van der Waals surface area contributed by atoms with Crippen molar-refractivity contribution in [2.45, 2.75) is 270 Å². The number of esters is 2. The fourth-order valence-corrected chi connectivity index (χ4v) is 8.04. The number of hydrogen-bond donors (Lipinski definition) is 1. The van der Waals surface area contributed by atoms with Crippen molar-refractivity contribution in [3.05, 3.63) is 0 Å². The molecule has 0 spiro atoms. The van der Waals surface area contributed by atoms with E-state index in [9.17, 15) is 19.5 Å². The third-order valence-corrected chi connectivity index (χ3v) is 12.0. The molecule has 2 unspecified atom stereocenters. The largest absolute Gasteiger partial charge is 0.477 e. The van der Waals surface area contributed by atoms with Gasteiger partial charge in [0.25, 0.3) is 0 Å². The Labute approximate surface area is 366 Å². The minimum atomic E-state index is -0.869. The summed E-state index contributed by atoms with van der Waals surface area (Å²) in [5, 5.41) is 9.64. The monoisotopic (exact) mass is 839 g/mol. The number of carbonyl (C=O) groups is 3. The molecular formula is C51H100NO7+. The Hall–Kier alpha value is -1.67. The molecule has 0 amide bonds. The number of ether oxygens (including phenoxy) is 3. The first-order valence-corrected chi connectivity index (χ1v) is 25.6. The summed E-state index contributed by atoms with van der Waals surface area (Å²) in [6.45, 7) is 4.79. The van der Waals surface area contributed by atoms with Gasteiger partial charge in [-0.25, -0.2) is 4.79 Å². The maximum Gasteiger partial charge on any atom is 0.362 e. The van der Waals surface area contributed by atoms with Gasteiger partial charge in [-0.1, -0.05) is 226 Å². The Morgan fingerprint density at radius 2 is 0.746 bits per heavy atom. The van der Waals surface area contributed by atoms with Crippen molar-refractivity contribution < 1.29 is 38.2 Å². The predicted octanol–water partition coefficient (Wildman–Crippen LogP) is 14.5. The molecule has 0 aliphatic carbocycles. The summed E-state index contributed by atoms with van der Waals surface area (Å²) >= 11 is 0. The van der Waals surface area contributed by atoms with Gasteiger partial charge in [0, 0.05) is 19.3 Å². The fourth-order valence-electron chi connectivity index (χ4n) is 8.04. The van der Waals surface area contributed by atoms with E-state index in [4.69, 9.17) is 14.2 Å². The summed E-state index contributed by atoms with van der Waals surface area (Å²) in [7, 11) is 5.55. The zero-order valence-corrected chi connectivity index (χ0v) is 40.0. The van der Waals surface area contributed by atoms with E-state index < -0.39 is 18.1 Å². The highest BCUT2D eigenvalue weighted by atomic mass is 16.6. The molecule has 0 heterocycles. The average molecular weight is 839 g/mol.